The van der Waals surface area contributed by atoms with Crippen LogP contribution < -0.4 is 14.2 Å². The first-order valence-electron chi connectivity index (χ1n) is 15.9. The molecule has 9 heteroatoms. The van der Waals surface area contributed by atoms with Gasteiger partial charge in [0.25, 0.3) is 11.7 Å². The Morgan fingerprint density at radius 3 is 2.45 bits per heavy atom. The molecule has 1 N–H and O–H groups in total. The van der Waals surface area contributed by atoms with Gasteiger partial charge in [0, 0.05) is 31.7 Å². The van der Waals surface area contributed by atoms with Crippen LogP contribution in [0.4, 0.5) is 0 Å². The minimum Gasteiger partial charge on any atom is -0.507 e. The van der Waals surface area contributed by atoms with Gasteiger partial charge in [0.1, 0.15) is 11.5 Å². The van der Waals surface area contributed by atoms with E-state index in [0.29, 0.717) is 73.7 Å². The van der Waals surface area contributed by atoms with Crippen molar-refractivity contribution < 1.29 is 33.6 Å². The number of nitrogens with zero attached hydrogens (tertiary/aromatic N) is 2. The van der Waals surface area contributed by atoms with Crippen molar-refractivity contribution >= 4 is 17.4 Å². The highest BCUT2D eigenvalue weighted by Gasteiger charge is 2.46. The van der Waals surface area contributed by atoms with Crippen molar-refractivity contribution in [3.05, 3.63) is 58.7 Å². The second kappa shape index (κ2) is 16.0. The molecule has 2 aliphatic heterocycles. The molecule has 1 amide bonds. The quantitative estimate of drug-likeness (QED) is 0.118. The van der Waals surface area contributed by atoms with Gasteiger partial charge >= 0.3 is 0 Å². The van der Waals surface area contributed by atoms with E-state index in [4.69, 9.17) is 18.9 Å². The van der Waals surface area contributed by atoms with Crippen LogP contribution in [-0.2, 0) is 14.3 Å². The van der Waals surface area contributed by atoms with Crippen LogP contribution in [0.3, 0.4) is 0 Å². The number of amides is 1. The number of ketones is 1. The monoisotopic (exact) mass is 608 g/mol. The molecular weight excluding hydrogens is 560 g/mol. The molecule has 44 heavy (non-hydrogen) atoms. The van der Waals surface area contributed by atoms with Gasteiger partial charge in [-0.3, -0.25) is 14.5 Å². The third-order valence-corrected chi connectivity index (χ3v) is 8.06. The highest BCUT2D eigenvalue weighted by Crippen LogP contribution is 2.42. The molecule has 0 saturated carbocycles. The van der Waals surface area contributed by atoms with E-state index in [0.717, 1.165) is 44.5 Å². The van der Waals surface area contributed by atoms with E-state index in [1.54, 1.807) is 24.1 Å². The molecule has 240 valence electrons. The maximum Gasteiger partial charge on any atom is 0.295 e. The molecule has 2 aromatic rings. The number of unbranched alkanes of at least 4 members (excludes halogenated alkanes) is 2. The molecule has 9 nitrogen and oxygen atoms in total. The molecule has 2 aromatic carbocycles. The zero-order valence-electron chi connectivity index (χ0n) is 26.9. The van der Waals surface area contributed by atoms with E-state index in [-0.39, 0.29) is 11.3 Å². The Labute approximate surface area is 261 Å². The van der Waals surface area contributed by atoms with Gasteiger partial charge in [-0.05, 0) is 67.1 Å². The Morgan fingerprint density at radius 2 is 1.77 bits per heavy atom. The predicted molar refractivity (Wildman–Crippen MR) is 170 cm³/mol. The van der Waals surface area contributed by atoms with Gasteiger partial charge in [-0.15, -0.1) is 0 Å². The fourth-order valence-electron chi connectivity index (χ4n) is 5.65. The Morgan fingerprint density at radius 1 is 1.00 bits per heavy atom. The molecule has 0 aliphatic carbocycles. The van der Waals surface area contributed by atoms with E-state index in [9.17, 15) is 14.7 Å². The van der Waals surface area contributed by atoms with Crippen LogP contribution >= 0.6 is 0 Å². The fraction of sp³-hybridized carbons (Fsp3) is 0.543. The number of ether oxygens (including phenoxy) is 4. The topological polar surface area (TPSA) is 97.8 Å². The molecule has 0 bridgehead atoms. The summed E-state index contributed by atoms with van der Waals surface area (Å²) in [6, 6.07) is 10.1. The first kappa shape index (κ1) is 33.3. The zero-order valence-corrected chi connectivity index (χ0v) is 26.9. The van der Waals surface area contributed by atoms with E-state index >= 15 is 0 Å². The summed E-state index contributed by atoms with van der Waals surface area (Å²) < 4.78 is 23.0. The SMILES string of the molecule is CCCCCOc1ccc(C2C(=C(O)c3ccc(OCC(C)C)cc3C)C(=O)C(=O)N2CCCN2CCOCC2)cc1OC. The van der Waals surface area contributed by atoms with E-state index < -0.39 is 17.7 Å². The number of likely N-dealkylation sites (tertiary alicyclic amines) is 1. The molecule has 1 atom stereocenters. The Kier molecular flexibility index (Phi) is 12.1. The van der Waals surface area contributed by atoms with Gasteiger partial charge in [0.05, 0.1) is 45.2 Å². The van der Waals surface area contributed by atoms with Crippen molar-refractivity contribution in [2.24, 2.45) is 5.92 Å². The average molecular weight is 609 g/mol. The Hall–Kier alpha value is -3.56. The highest BCUT2D eigenvalue weighted by atomic mass is 16.5. The second-order valence-electron chi connectivity index (χ2n) is 11.9. The second-order valence-corrected chi connectivity index (χ2v) is 11.9. The van der Waals surface area contributed by atoms with Crippen molar-refractivity contribution in [2.75, 3.05) is 59.7 Å². The molecule has 4 rings (SSSR count). The smallest absolute Gasteiger partial charge is 0.295 e. The standard InChI is InChI=1S/C35H48N2O7/c1-6-7-8-18-43-29-13-10-26(22-30(29)41-5)32-31(33(38)28-12-11-27(21-25(28)4)44-23-24(2)3)34(39)35(40)37(32)15-9-14-36-16-19-42-20-17-36/h10-13,21-22,24,32,38H,6-9,14-20,23H2,1-5H3. The van der Waals surface area contributed by atoms with Gasteiger partial charge in [-0.25, -0.2) is 0 Å². The van der Waals surface area contributed by atoms with Gasteiger partial charge in [-0.1, -0.05) is 39.7 Å². The van der Waals surface area contributed by atoms with Gasteiger partial charge in [0.2, 0.25) is 0 Å². The van der Waals surface area contributed by atoms with Crippen molar-refractivity contribution in [1.29, 1.82) is 0 Å². The van der Waals surface area contributed by atoms with Crippen LogP contribution in [0.25, 0.3) is 5.76 Å². The number of aliphatic hydroxyl groups is 1. The lowest BCUT2D eigenvalue weighted by atomic mass is 9.93. The predicted octanol–water partition coefficient (Wildman–Crippen LogP) is 5.75. The van der Waals surface area contributed by atoms with Crippen LogP contribution in [0.15, 0.2) is 42.0 Å². The molecule has 0 aromatic heterocycles. The summed E-state index contributed by atoms with van der Waals surface area (Å²) in [5.74, 6) is 0.657. The minimum atomic E-state index is -0.779. The van der Waals surface area contributed by atoms with Gasteiger partial charge < -0.3 is 29.0 Å². The first-order chi connectivity index (χ1) is 21.2. The summed E-state index contributed by atoms with van der Waals surface area (Å²) in [7, 11) is 1.57. The van der Waals surface area contributed by atoms with Crippen LogP contribution in [-0.4, -0.2) is 86.3 Å². The van der Waals surface area contributed by atoms with Crippen LogP contribution in [0.1, 0.15) is 69.2 Å². The molecule has 0 radical (unpaired) electrons. The van der Waals surface area contributed by atoms with Crippen LogP contribution in [0.2, 0.25) is 0 Å². The normalized spacial score (nSPS) is 18.7. The fourth-order valence-corrected chi connectivity index (χ4v) is 5.65. The Bertz CT molecular complexity index is 1320. The zero-order chi connectivity index (χ0) is 31.6. The number of carbonyl (C=O) groups excluding carboxylic acids is 2. The molecule has 2 saturated heterocycles. The lowest BCUT2D eigenvalue weighted by molar-refractivity contribution is -0.140. The van der Waals surface area contributed by atoms with Gasteiger partial charge in [0.15, 0.2) is 11.5 Å². The number of hydrogen-bond donors (Lipinski definition) is 1. The molecule has 2 heterocycles. The largest absolute Gasteiger partial charge is 0.507 e. The molecule has 1 unspecified atom stereocenters. The third kappa shape index (κ3) is 8.12. The van der Waals surface area contributed by atoms with Crippen LogP contribution in [0.5, 0.6) is 17.2 Å². The number of methoxy groups -OCH3 is 1. The minimum absolute atomic E-state index is 0.0685. The number of Topliss-reactive ketones (excluding diaryl/α,β-unsaturated/α-hetero) is 1. The first-order valence-corrected chi connectivity index (χ1v) is 15.9. The highest BCUT2D eigenvalue weighted by molar-refractivity contribution is 6.46. The summed E-state index contributed by atoms with van der Waals surface area (Å²) in [6.45, 7) is 13.5. The van der Waals surface area contributed by atoms with Crippen molar-refractivity contribution in [1.82, 2.24) is 9.80 Å². The van der Waals surface area contributed by atoms with Crippen molar-refractivity contribution in [2.45, 2.75) is 59.4 Å². The summed E-state index contributed by atoms with van der Waals surface area (Å²) in [5, 5.41) is 11.7. The van der Waals surface area contributed by atoms with Crippen molar-refractivity contribution in [3.8, 4) is 17.2 Å². The summed E-state index contributed by atoms with van der Waals surface area (Å²) in [6.07, 6.45) is 3.78. The van der Waals surface area contributed by atoms with Crippen LogP contribution in [0, 0.1) is 12.8 Å². The summed E-state index contributed by atoms with van der Waals surface area (Å²) in [5.41, 5.74) is 1.97. The number of morpholine rings is 1. The number of aryl methyl sites for hydroxylation is 1. The lowest BCUT2D eigenvalue weighted by Gasteiger charge is -2.29. The maximum absolute atomic E-state index is 13.6. The maximum atomic E-state index is 13.6. The third-order valence-electron chi connectivity index (χ3n) is 8.06. The van der Waals surface area contributed by atoms with Crippen molar-refractivity contribution in [3.63, 3.8) is 0 Å². The average Bonchev–Trinajstić information content (AvgIpc) is 3.27. The summed E-state index contributed by atoms with van der Waals surface area (Å²) in [4.78, 5) is 31.1. The lowest BCUT2D eigenvalue weighted by Crippen LogP contribution is -2.39. The number of aliphatic hydroxyl groups excluding tert-OH is 1. The molecule has 2 fully saturated rings. The number of rotatable bonds is 15. The number of carbonyl (C=O) groups is 2. The van der Waals surface area contributed by atoms with E-state index in [1.807, 2.05) is 31.2 Å². The van der Waals surface area contributed by atoms with E-state index in [1.165, 1.54) is 0 Å². The number of hydrogen-bond acceptors (Lipinski definition) is 8. The number of benzene rings is 2. The molecular formula is C35H48N2O7. The Balaban J connectivity index is 1.69. The summed E-state index contributed by atoms with van der Waals surface area (Å²) >= 11 is 0. The molecule has 0 spiro atoms. The molecule has 2 aliphatic rings. The van der Waals surface area contributed by atoms with Gasteiger partial charge in [-0.2, -0.15) is 0 Å². The van der Waals surface area contributed by atoms with E-state index in [2.05, 4.69) is 25.7 Å².